The summed E-state index contributed by atoms with van der Waals surface area (Å²) in [4.78, 5) is 25.3. The van der Waals surface area contributed by atoms with Gasteiger partial charge in [0.1, 0.15) is 17.7 Å². The van der Waals surface area contributed by atoms with Crippen molar-refractivity contribution in [2.75, 3.05) is 31.6 Å². The monoisotopic (exact) mass is 346 g/mol. The lowest BCUT2D eigenvalue weighted by atomic mass is 10.0. The normalized spacial score (nSPS) is 20.4. The number of hydrogen-bond donors (Lipinski definition) is 1. The predicted octanol–water partition coefficient (Wildman–Crippen LogP) is 1.87. The smallest absolute Gasteiger partial charge is 0.264 e. The largest absolute Gasteiger partial charge is 0.386 e. The van der Waals surface area contributed by atoms with E-state index in [1.54, 1.807) is 11.9 Å². The van der Waals surface area contributed by atoms with Crippen LogP contribution in [0.25, 0.3) is 0 Å². The van der Waals surface area contributed by atoms with Crippen LogP contribution in [0.4, 0.5) is 5.82 Å². The molecule has 24 heavy (non-hydrogen) atoms. The molecule has 1 aliphatic heterocycles. The number of aryl methyl sites for hydroxylation is 2. The van der Waals surface area contributed by atoms with Crippen LogP contribution in [-0.2, 0) is 0 Å². The minimum Gasteiger partial charge on any atom is -0.386 e. The maximum absolute atomic E-state index is 12.5. The molecule has 2 aromatic heterocycles. The summed E-state index contributed by atoms with van der Waals surface area (Å²) in [5.41, 5.74) is 0.957. The fourth-order valence-corrected chi connectivity index (χ4v) is 3.99. The van der Waals surface area contributed by atoms with Crippen LogP contribution in [0.15, 0.2) is 23.8 Å². The Balaban J connectivity index is 1.67. The molecule has 0 radical (unpaired) electrons. The van der Waals surface area contributed by atoms with Crippen molar-refractivity contribution >= 4 is 23.1 Å². The van der Waals surface area contributed by atoms with E-state index in [0.717, 1.165) is 22.0 Å². The molecule has 7 heteroatoms. The second-order valence-corrected chi connectivity index (χ2v) is 7.42. The van der Waals surface area contributed by atoms with Crippen LogP contribution in [0.3, 0.4) is 0 Å². The number of thiophene rings is 1. The summed E-state index contributed by atoms with van der Waals surface area (Å²) in [5, 5.41) is 12.8. The lowest BCUT2D eigenvalue weighted by Gasteiger charge is -2.29. The first kappa shape index (κ1) is 16.9. The predicted molar refractivity (Wildman–Crippen MR) is 94.6 cm³/mol. The Labute approximate surface area is 145 Å². The number of carbonyl (C=O) groups excluding carboxylic acids is 1. The molecule has 1 amide bonds. The Morgan fingerprint density at radius 2 is 2.25 bits per heavy atom. The van der Waals surface area contributed by atoms with Gasteiger partial charge in [0.05, 0.1) is 11.4 Å². The number of nitrogens with zero attached hydrogens (tertiary/aromatic N) is 4. The first-order valence-corrected chi connectivity index (χ1v) is 8.81. The second-order valence-electron chi connectivity index (χ2n) is 6.51. The van der Waals surface area contributed by atoms with Gasteiger partial charge >= 0.3 is 0 Å². The summed E-state index contributed by atoms with van der Waals surface area (Å²) >= 11 is 1.44. The first-order chi connectivity index (χ1) is 11.4. The number of anilines is 1. The minimum absolute atomic E-state index is 0.0349. The maximum atomic E-state index is 12.5. The minimum atomic E-state index is -0.922. The van der Waals surface area contributed by atoms with E-state index in [4.69, 9.17) is 0 Å². The van der Waals surface area contributed by atoms with Gasteiger partial charge < -0.3 is 14.9 Å². The van der Waals surface area contributed by atoms with E-state index in [9.17, 15) is 9.90 Å². The van der Waals surface area contributed by atoms with Gasteiger partial charge in [0, 0.05) is 31.9 Å². The van der Waals surface area contributed by atoms with E-state index in [1.165, 1.54) is 17.7 Å². The Morgan fingerprint density at radius 3 is 2.92 bits per heavy atom. The summed E-state index contributed by atoms with van der Waals surface area (Å²) in [6, 6.07) is 3.85. The molecule has 0 bridgehead atoms. The third-order valence-electron chi connectivity index (χ3n) is 4.38. The van der Waals surface area contributed by atoms with Crippen molar-refractivity contribution in [3.63, 3.8) is 0 Å². The van der Waals surface area contributed by atoms with Crippen LogP contribution in [-0.4, -0.2) is 58.2 Å². The summed E-state index contributed by atoms with van der Waals surface area (Å²) in [6.07, 6.45) is 2.15. The van der Waals surface area contributed by atoms with Crippen molar-refractivity contribution in [3.8, 4) is 0 Å². The van der Waals surface area contributed by atoms with Gasteiger partial charge in [0.25, 0.3) is 5.91 Å². The molecule has 0 unspecified atom stereocenters. The number of carbonyl (C=O) groups is 1. The summed E-state index contributed by atoms with van der Waals surface area (Å²) in [5.74, 6) is 0.786. The van der Waals surface area contributed by atoms with Crippen molar-refractivity contribution in [2.45, 2.75) is 25.9 Å². The number of amides is 1. The zero-order chi connectivity index (χ0) is 17.3. The second kappa shape index (κ2) is 6.49. The van der Waals surface area contributed by atoms with Crippen molar-refractivity contribution in [1.29, 1.82) is 0 Å². The SMILES string of the molecule is Cc1cc(N2CC[C@@](O)(CN(C)C(=O)c3sccc3C)C2)ncn1. The highest BCUT2D eigenvalue weighted by atomic mass is 32.1. The van der Waals surface area contributed by atoms with Gasteiger partial charge in [-0.05, 0) is 37.3 Å². The van der Waals surface area contributed by atoms with E-state index < -0.39 is 5.60 Å². The average Bonchev–Trinajstić information content (AvgIpc) is 3.13. The van der Waals surface area contributed by atoms with E-state index in [0.29, 0.717) is 26.1 Å². The standard InChI is InChI=1S/C17H22N4O2S/c1-12-4-7-24-15(12)16(22)20(3)9-17(23)5-6-21(10-17)14-8-13(2)18-11-19-14/h4,7-8,11,23H,5-6,9-10H2,1-3H3/t17-/m1/s1. The number of likely N-dealkylation sites (N-methyl/N-ethyl adjacent to an activating group) is 1. The molecule has 1 saturated heterocycles. The van der Waals surface area contributed by atoms with E-state index in [-0.39, 0.29) is 5.91 Å². The molecule has 6 nitrogen and oxygen atoms in total. The number of aromatic nitrogens is 2. The fraction of sp³-hybridized carbons (Fsp3) is 0.471. The highest BCUT2D eigenvalue weighted by Crippen LogP contribution is 2.27. The third kappa shape index (κ3) is 3.42. The van der Waals surface area contributed by atoms with Gasteiger partial charge in [-0.3, -0.25) is 4.79 Å². The molecular weight excluding hydrogens is 324 g/mol. The number of rotatable bonds is 4. The van der Waals surface area contributed by atoms with Crippen LogP contribution < -0.4 is 4.90 Å². The van der Waals surface area contributed by atoms with Gasteiger partial charge in [0.15, 0.2) is 0 Å². The summed E-state index contributed by atoms with van der Waals surface area (Å²) < 4.78 is 0. The Kier molecular flexibility index (Phi) is 4.56. The van der Waals surface area contributed by atoms with E-state index in [2.05, 4.69) is 9.97 Å². The van der Waals surface area contributed by atoms with Gasteiger partial charge in [-0.2, -0.15) is 0 Å². The average molecular weight is 346 g/mol. The highest BCUT2D eigenvalue weighted by Gasteiger charge is 2.38. The van der Waals surface area contributed by atoms with Crippen molar-refractivity contribution in [3.05, 3.63) is 40.0 Å². The van der Waals surface area contributed by atoms with Crippen LogP contribution >= 0.6 is 11.3 Å². The van der Waals surface area contributed by atoms with Crippen molar-refractivity contribution < 1.29 is 9.90 Å². The van der Waals surface area contributed by atoms with Gasteiger partial charge in [0.2, 0.25) is 0 Å². The topological polar surface area (TPSA) is 69.6 Å². The van der Waals surface area contributed by atoms with Gasteiger partial charge in [-0.1, -0.05) is 0 Å². The number of β-amino-alcohol motifs (C(OH)–C–C–N with tert-alkyl or cyclic N) is 1. The van der Waals surface area contributed by atoms with Crippen molar-refractivity contribution in [2.24, 2.45) is 0 Å². The van der Waals surface area contributed by atoms with Crippen LogP contribution in [0.2, 0.25) is 0 Å². The molecule has 2 aromatic rings. The molecular formula is C17H22N4O2S. The third-order valence-corrected chi connectivity index (χ3v) is 5.38. The lowest BCUT2D eigenvalue weighted by molar-refractivity contribution is 0.0266. The molecule has 3 rings (SSSR count). The zero-order valence-electron chi connectivity index (χ0n) is 14.2. The molecule has 0 aliphatic carbocycles. The van der Waals surface area contributed by atoms with E-state index in [1.807, 2.05) is 36.3 Å². The molecule has 128 valence electrons. The Bertz CT molecular complexity index is 748. The quantitative estimate of drug-likeness (QED) is 0.915. The van der Waals surface area contributed by atoms with Crippen LogP contribution in [0.5, 0.6) is 0 Å². The Morgan fingerprint density at radius 1 is 1.46 bits per heavy atom. The van der Waals surface area contributed by atoms with Gasteiger partial charge in [-0.25, -0.2) is 9.97 Å². The maximum Gasteiger partial charge on any atom is 0.264 e. The number of hydrogen-bond acceptors (Lipinski definition) is 6. The molecule has 1 N–H and O–H groups in total. The summed E-state index contributed by atoms with van der Waals surface area (Å²) in [7, 11) is 1.75. The van der Waals surface area contributed by atoms with Crippen LogP contribution in [0.1, 0.15) is 27.3 Å². The molecule has 0 spiro atoms. The Hall–Kier alpha value is -1.99. The van der Waals surface area contributed by atoms with E-state index >= 15 is 0 Å². The fourth-order valence-electron chi connectivity index (χ4n) is 3.07. The lowest BCUT2D eigenvalue weighted by Crippen LogP contribution is -2.45. The molecule has 0 saturated carbocycles. The molecule has 1 aliphatic rings. The van der Waals surface area contributed by atoms with Gasteiger partial charge in [-0.15, -0.1) is 11.3 Å². The zero-order valence-corrected chi connectivity index (χ0v) is 15.0. The summed E-state index contributed by atoms with van der Waals surface area (Å²) in [6.45, 7) is 5.34. The molecule has 0 aromatic carbocycles. The van der Waals surface area contributed by atoms with Crippen molar-refractivity contribution in [1.82, 2.24) is 14.9 Å². The molecule has 3 heterocycles. The van der Waals surface area contributed by atoms with Crippen LogP contribution in [0, 0.1) is 13.8 Å². The highest BCUT2D eigenvalue weighted by molar-refractivity contribution is 7.12. The molecule has 1 fully saturated rings. The molecule has 1 atom stereocenters. The first-order valence-electron chi connectivity index (χ1n) is 7.93. The number of aliphatic hydroxyl groups is 1.